The van der Waals surface area contributed by atoms with Gasteiger partial charge in [-0.15, -0.1) is 0 Å². The zero-order valence-electron chi connectivity index (χ0n) is 55.2. The van der Waals surface area contributed by atoms with Gasteiger partial charge in [0.1, 0.15) is 0 Å². The number of hydrogen-bond donors (Lipinski definition) is 1. The Kier molecular flexibility index (Phi) is 15.7. The van der Waals surface area contributed by atoms with E-state index in [9.17, 15) is 0 Å². The van der Waals surface area contributed by atoms with Crippen molar-refractivity contribution in [2.75, 3.05) is 0 Å². The Bertz CT molecular complexity index is 6280. The summed E-state index contributed by atoms with van der Waals surface area (Å²) in [4.78, 5) is 3.70. The van der Waals surface area contributed by atoms with Crippen LogP contribution in [0.2, 0.25) is 0 Å². The van der Waals surface area contributed by atoms with Crippen LogP contribution < -0.4 is 0 Å². The Balaban J connectivity index is 0.000000122. The van der Waals surface area contributed by atoms with Crippen LogP contribution in [0.1, 0.15) is 0 Å². The van der Waals surface area contributed by atoms with Gasteiger partial charge >= 0.3 is 0 Å². The Morgan fingerprint density at radius 1 is 0.198 bits per heavy atom. The van der Waals surface area contributed by atoms with Gasteiger partial charge < -0.3 is 18.7 Å². The van der Waals surface area contributed by atoms with Crippen LogP contribution in [0, 0.1) is 0 Å². The SMILES string of the molecule is Brc1cc(-c2ccccc2)cc(-c2ccccc2)c1.c1ccc(-c2ccc(-n3c4ccccc4c4c3ccc3c5ccccc5n(-c5cc(-c6ccccc6)cc(-c6ccccc6)c5)c34)cc2)cc1.c1ccc(-c2ccc(-n3c4ccccc4c4c5[nH]c6ccccc6c5ccc43)cc2)cc1. The van der Waals surface area contributed by atoms with Crippen molar-refractivity contribution in [2.24, 2.45) is 0 Å². The number of aromatic amines is 1. The van der Waals surface area contributed by atoms with E-state index in [1.54, 1.807) is 0 Å². The third kappa shape index (κ3) is 11.3. The molecule has 16 aromatic carbocycles. The highest BCUT2D eigenvalue weighted by molar-refractivity contribution is 9.10. The van der Waals surface area contributed by atoms with Crippen molar-refractivity contribution in [1.82, 2.24) is 18.7 Å². The molecule has 4 aromatic heterocycles. The smallest absolute Gasteiger partial charge is 0.0641 e. The fourth-order valence-electron chi connectivity index (χ4n) is 15.1. The standard InChI is InChI=1S/C48H32N2.C30H20N2.C18H13Br/c1-4-14-33(15-5-1)36-24-26-39(27-25-36)49-45-23-13-11-21-43(45)47-46(49)29-28-42-41-20-10-12-22-44(41)50(48(42)47)40-31-37(34-16-6-2-7-17-34)30-38(32-40)35-18-8-3-9-19-35;1-2-8-20(9-3-1)21-14-16-22(17-15-21)32-27-13-7-5-11-25(27)29-28(32)19-18-24-23-10-4-6-12-26(23)31-30(24)29;19-18-12-16(14-7-3-1-4-8-14)11-17(13-18)15-9-5-2-6-10-15/h1-32H;1-19,31H;1-13H. The van der Waals surface area contributed by atoms with Crippen LogP contribution in [0.15, 0.2) is 393 Å². The molecule has 0 fully saturated rings. The van der Waals surface area contributed by atoms with Gasteiger partial charge in [-0.05, 0) is 164 Å². The molecule has 0 radical (unpaired) electrons. The number of para-hydroxylation sites is 4. The summed E-state index contributed by atoms with van der Waals surface area (Å²) in [6.45, 7) is 0. The maximum absolute atomic E-state index is 3.70. The number of rotatable bonds is 9. The Morgan fingerprint density at radius 3 is 0.970 bits per heavy atom. The first-order valence-electron chi connectivity index (χ1n) is 34.4. The highest BCUT2D eigenvalue weighted by atomic mass is 79.9. The van der Waals surface area contributed by atoms with E-state index < -0.39 is 0 Å². The van der Waals surface area contributed by atoms with Gasteiger partial charge in [0, 0.05) is 70.1 Å². The third-order valence-corrected chi connectivity index (χ3v) is 20.2. The highest BCUT2D eigenvalue weighted by Gasteiger charge is 2.23. The molecule has 101 heavy (non-hydrogen) atoms. The lowest BCUT2D eigenvalue weighted by molar-refractivity contribution is 1.17. The van der Waals surface area contributed by atoms with Crippen molar-refractivity contribution in [3.63, 3.8) is 0 Å². The number of nitrogens with zero attached hydrogens (tertiary/aromatic N) is 3. The minimum atomic E-state index is 1.10. The van der Waals surface area contributed by atoms with Crippen LogP contribution in [0.25, 0.3) is 171 Å². The van der Waals surface area contributed by atoms with E-state index in [2.05, 4.69) is 411 Å². The maximum atomic E-state index is 3.70. The average Bonchev–Trinajstić information content (AvgIpc) is 1.60. The molecule has 0 aliphatic heterocycles. The molecule has 0 spiro atoms. The summed E-state index contributed by atoms with van der Waals surface area (Å²) < 4.78 is 8.41. The van der Waals surface area contributed by atoms with Crippen LogP contribution in [-0.4, -0.2) is 18.7 Å². The lowest BCUT2D eigenvalue weighted by atomic mass is 9.98. The molecule has 20 rings (SSSR count). The number of halogens is 1. The molecule has 0 saturated carbocycles. The van der Waals surface area contributed by atoms with Gasteiger partial charge in [0.2, 0.25) is 0 Å². The largest absolute Gasteiger partial charge is 0.354 e. The Hall–Kier alpha value is -12.8. The van der Waals surface area contributed by atoms with Gasteiger partial charge in [-0.2, -0.15) is 0 Å². The van der Waals surface area contributed by atoms with Crippen molar-refractivity contribution < 1.29 is 0 Å². The van der Waals surface area contributed by atoms with Crippen molar-refractivity contribution in [1.29, 1.82) is 0 Å². The minimum Gasteiger partial charge on any atom is -0.354 e. The molecule has 4 nitrogen and oxygen atoms in total. The number of aromatic nitrogens is 4. The summed E-state index contributed by atoms with van der Waals surface area (Å²) in [6, 6.07) is 139. The first-order valence-corrected chi connectivity index (χ1v) is 35.2. The van der Waals surface area contributed by atoms with Crippen molar-refractivity contribution >= 4 is 103 Å². The number of hydrogen-bond acceptors (Lipinski definition) is 0. The van der Waals surface area contributed by atoms with E-state index in [-0.39, 0.29) is 0 Å². The van der Waals surface area contributed by atoms with Crippen LogP contribution in [-0.2, 0) is 0 Å². The molecule has 0 unspecified atom stereocenters. The van der Waals surface area contributed by atoms with Crippen LogP contribution in [0.5, 0.6) is 0 Å². The predicted molar refractivity (Wildman–Crippen MR) is 432 cm³/mol. The zero-order valence-corrected chi connectivity index (χ0v) is 56.8. The van der Waals surface area contributed by atoms with E-state index in [0.29, 0.717) is 0 Å². The molecular weight excluding hydrogens is 1290 g/mol. The lowest BCUT2D eigenvalue weighted by Gasteiger charge is -2.15. The maximum Gasteiger partial charge on any atom is 0.0641 e. The van der Waals surface area contributed by atoms with Gasteiger partial charge in [-0.3, -0.25) is 0 Å². The fraction of sp³-hybridized carbons (Fsp3) is 0. The van der Waals surface area contributed by atoms with Gasteiger partial charge in [-0.1, -0.05) is 307 Å². The van der Waals surface area contributed by atoms with Crippen LogP contribution in [0.4, 0.5) is 0 Å². The summed E-state index contributed by atoms with van der Waals surface area (Å²) in [5.41, 5.74) is 27.7. The van der Waals surface area contributed by atoms with Crippen molar-refractivity contribution in [3.05, 3.63) is 393 Å². The molecule has 476 valence electrons. The fourth-order valence-corrected chi connectivity index (χ4v) is 15.6. The predicted octanol–water partition coefficient (Wildman–Crippen LogP) is 26.8. The number of H-pyrrole nitrogens is 1. The molecule has 0 saturated heterocycles. The van der Waals surface area contributed by atoms with Gasteiger partial charge in [-0.25, -0.2) is 0 Å². The van der Waals surface area contributed by atoms with E-state index in [0.717, 1.165) is 15.8 Å². The van der Waals surface area contributed by atoms with Crippen molar-refractivity contribution in [2.45, 2.75) is 0 Å². The number of fused-ring (bicyclic) bond motifs is 14. The summed E-state index contributed by atoms with van der Waals surface area (Å²) in [5, 5.41) is 10.1. The molecule has 4 heterocycles. The molecule has 1 N–H and O–H groups in total. The lowest BCUT2D eigenvalue weighted by Crippen LogP contribution is -1.97. The molecule has 0 bridgehead atoms. The normalized spacial score (nSPS) is 11.4. The first-order chi connectivity index (χ1) is 50.0. The second kappa shape index (κ2) is 26.2. The van der Waals surface area contributed by atoms with E-state index in [1.807, 2.05) is 12.1 Å². The van der Waals surface area contributed by atoms with Crippen molar-refractivity contribution in [3.8, 4) is 83.8 Å². The highest BCUT2D eigenvalue weighted by Crippen LogP contribution is 2.45. The molecule has 0 aliphatic rings. The molecule has 0 amide bonds. The van der Waals surface area contributed by atoms with Gasteiger partial charge in [0.25, 0.3) is 0 Å². The summed E-state index contributed by atoms with van der Waals surface area (Å²) >= 11 is 3.61. The van der Waals surface area contributed by atoms with Gasteiger partial charge in [0.15, 0.2) is 0 Å². The molecule has 0 atom stereocenters. The number of benzene rings is 16. The number of nitrogens with one attached hydrogen (secondary N) is 1. The summed E-state index contributed by atoms with van der Waals surface area (Å²) in [6.07, 6.45) is 0. The van der Waals surface area contributed by atoms with E-state index in [1.165, 1.54) is 160 Å². The molecular formula is C96H65BrN4. The topological polar surface area (TPSA) is 30.6 Å². The average molecular weight is 1350 g/mol. The summed E-state index contributed by atoms with van der Waals surface area (Å²) in [5.74, 6) is 0. The Morgan fingerprint density at radius 2 is 0.525 bits per heavy atom. The second-order valence-electron chi connectivity index (χ2n) is 25.8. The molecule has 20 aromatic rings. The first kappa shape index (κ1) is 60.6. The van der Waals surface area contributed by atoms with Gasteiger partial charge in [0.05, 0.1) is 38.6 Å². The van der Waals surface area contributed by atoms with E-state index >= 15 is 0 Å². The zero-order chi connectivity index (χ0) is 67.2. The molecule has 0 aliphatic carbocycles. The minimum absolute atomic E-state index is 1.10. The van der Waals surface area contributed by atoms with Crippen LogP contribution >= 0.6 is 15.9 Å². The van der Waals surface area contributed by atoms with E-state index in [4.69, 9.17) is 0 Å². The Labute approximate surface area is 594 Å². The quantitative estimate of drug-likeness (QED) is 0.149. The molecule has 5 heteroatoms. The second-order valence-corrected chi connectivity index (χ2v) is 26.7. The monoisotopic (exact) mass is 1350 g/mol. The summed E-state index contributed by atoms with van der Waals surface area (Å²) in [7, 11) is 0. The third-order valence-electron chi connectivity index (χ3n) is 19.8. The van der Waals surface area contributed by atoms with Crippen LogP contribution in [0.3, 0.4) is 0 Å².